The van der Waals surface area contributed by atoms with Crippen molar-refractivity contribution in [3.8, 4) is 0 Å². The van der Waals surface area contributed by atoms with E-state index in [0.717, 1.165) is 11.1 Å². The van der Waals surface area contributed by atoms with Gasteiger partial charge in [0.1, 0.15) is 0 Å². The second-order valence-electron chi connectivity index (χ2n) is 5.56. The number of rotatable bonds is 5. The van der Waals surface area contributed by atoms with Gasteiger partial charge in [-0.25, -0.2) is 4.79 Å². The Labute approximate surface area is 136 Å². The molecule has 1 N–H and O–H groups in total. The molecular weight excluding hydrogens is 290 g/mol. The maximum Gasteiger partial charge on any atom is 0.337 e. The molecule has 4 heteroatoms. The summed E-state index contributed by atoms with van der Waals surface area (Å²) in [5.74, 6) is -0.489. The van der Waals surface area contributed by atoms with Crippen molar-refractivity contribution in [2.24, 2.45) is 0 Å². The molecule has 0 atom stereocenters. The zero-order valence-corrected chi connectivity index (χ0v) is 13.7. The van der Waals surface area contributed by atoms with Gasteiger partial charge in [0.15, 0.2) is 0 Å². The van der Waals surface area contributed by atoms with Crippen LogP contribution in [0, 0.1) is 13.8 Å². The van der Waals surface area contributed by atoms with E-state index in [0.29, 0.717) is 24.1 Å². The quantitative estimate of drug-likeness (QED) is 0.857. The summed E-state index contributed by atoms with van der Waals surface area (Å²) in [5.41, 5.74) is 4.29. The standard InChI is InChI=1S/C19H21NO3/c1-13-5-4-6-15(11-13)8-10-18(21)20-17-12-16(19(22)23-3)9-7-14(17)2/h4-7,9,11-12H,8,10H2,1-3H3,(H,20,21). The van der Waals surface area contributed by atoms with Gasteiger partial charge < -0.3 is 10.1 Å². The van der Waals surface area contributed by atoms with Crippen LogP contribution in [0.15, 0.2) is 42.5 Å². The summed E-state index contributed by atoms with van der Waals surface area (Å²) in [4.78, 5) is 23.7. The number of hydrogen-bond donors (Lipinski definition) is 1. The number of ether oxygens (including phenoxy) is 1. The van der Waals surface area contributed by atoms with Crippen molar-refractivity contribution in [1.82, 2.24) is 0 Å². The molecule has 0 heterocycles. The van der Waals surface area contributed by atoms with Crippen LogP contribution < -0.4 is 5.32 Å². The van der Waals surface area contributed by atoms with Crippen molar-refractivity contribution in [2.75, 3.05) is 12.4 Å². The summed E-state index contributed by atoms with van der Waals surface area (Å²) in [6.07, 6.45) is 1.08. The fraction of sp³-hybridized carbons (Fsp3) is 0.263. The van der Waals surface area contributed by atoms with E-state index < -0.39 is 5.97 Å². The Bertz CT molecular complexity index is 722. The van der Waals surface area contributed by atoms with Gasteiger partial charge in [0.05, 0.1) is 12.7 Å². The molecule has 0 saturated carbocycles. The van der Waals surface area contributed by atoms with Gasteiger partial charge in [0.2, 0.25) is 5.91 Å². The van der Waals surface area contributed by atoms with Gasteiger partial charge in [-0.05, 0) is 43.5 Å². The first-order chi connectivity index (χ1) is 11.0. The lowest BCUT2D eigenvalue weighted by atomic mass is 10.1. The minimum atomic E-state index is -0.416. The molecule has 1 amide bonds. The van der Waals surface area contributed by atoms with Gasteiger partial charge in [-0.2, -0.15) is 0 Å². The Balaban J connectivity index is 2.01. The molecule has 120 valence electrons. The predicted octanol–water partition coefficient (Wildman–Crippen LogP) is 3.66. The molecule has 0 saturated heterocycles. The van der Waals surface area contributed by atoms with E-state index in [4.69, 9.17) is 4.74 Å². The summed E-state index contributed by atoms with van der Waals surface area (Å²) in [6.45, 7) is 3.92. The smallest absolute Gasteiger partial charge is 0.337 e. The number of methoxy groups -OCH3 is 1. The molecule has 23 heavy (non-hydrogen) atoms. The van der Waals surface area contributed by atoms with Crippen LogP contribution in [-0.2, 0) is 16.0 Å². The first-order valence-corrected chi connectivity index (χ1v) is 7.54. The van der Waals surface area contributed by atoms with E-state index in [1.165, 1.54) is 12.7 Å². The molecule has 2 aromatic rings. The minimum absolute atomic E-state index is 0.0726. The third-order valence-corrected chi connectivity index (χ3v) is 3.66. The molecule has 0 aromatic heterocycles. The second-order valence-corrected chi connectivity index (χ2v) is 5.56. The Kier molecular flexibility index (Phi) is 5.52. The monoisotopic (exact) mass is 311 g/mol. The van der Waals surface area contributed by atoms with Crippen LogP contribution in [0.3, 0.4) is 0 Å². The van der Waals surface area contributed by atoms with Gasteiger partial charge in [-0.1, -0.05) is 35.9 Å². The first-order valence-electron chi connectivity index (χ1n) is 7.54. The molecule has 0 bridgehead atoms. The van der Waals surface area contributed by atoms with Gasteiger partial charge in [0.25, 0.3) is 0 Å². The maximum atomic E-state index is 12.1. The van der Waals surface area contributed by atoms with Crippen LogP contribution in [0.4, 0.5) is 5.69 Å². The van der Waals surface area contributed by atoms with E-state index in [-0.39, 0.29) is 5.91 Å². The number of amides is 1. The molecule has 0 unspecified atom stereocenters. The highest BCUT2D eigenvalue weighted by Gasteiger charge is 2.10. The summed E-state index contributed by atoms with van der Waals surface area (Å²) < 4.78 is 4.70. The molecule has 0 radical (unpaired) electrons. The average molecular weight is 311 g/mol. The molecule has 0 fully saturated rings. The number of esters is 1. The van der Waals surface area contributed by atoms with E-state index in [2.05, 4.69) is 11.4 Å². The Morgan fingerprint density at radius 1 is 1.09 bits per heavy atom. The molecule has 2 rings (SSSR count). The summed E-state index contributed by atoms with van der Waals surface area (Å²) in [6, 6.07) is 13.2. The lowest BCUT2D eigenvalue weighted by molar-refractivity contribution is -0.116. The lowest BCUT2D eigenvalue weighted by Crippen LogP contribution is -2.14. The fourth-order valence-electron chi connectivity index (χ4n) is 2.34. The number of benzene rings is 2. The van der Waals surface area contributed by atoms with Crippen molar-refractivity contribution in [1.29, 1.82) is 0 Å². The highest BCUT2D eigenvalue weighted by atomic mass is 16.5. The number of hydrogen-bond acceptors (Lipinski definition) is 3. The topological polar surface area (TPSA) is 55.4 Å². The highest BCUT2D eigenvalue weighted by molar-refractivity contribution is 5.95. The molecule has 2 aromatic carbocycles. The normalized spacial score (nSPS) is 10.2. The first kappa shape index (κ1) is 16.7. The van der Waals surface area contributed by atoms with Crippen LogP contribution in [0.5, 0.6) is 0 Å². The molecule has 4 nitrogen and oxygen atoms in total. The number of nitrogens with one attached hydrogen (secondary N) is 1. The van der Waals surface area contributed by atoms with Gasteiger partial charge >= 0.3 is 5.97 Å². The van der Waals surface area contributed by atoms with Gasteiger partial charge in [-0.3, -0.25) is 4.79 Å². The lowest BCUT2D eigenvalue weighted by Gasteiger charge is -2.10. The highest BCUT2D eigenvalue weighted by Crippen LogP contribution is 2.18. The van der Waals surface area contributed by atoms with E-state index >= 15 is 0 Å². The predicted molar refractivity (Wildman–Crippen MR) is 90.6 cm³/mol. The number of carbonyl (C=O) groups excluding carboxylic acids is 2. The van der Waals surface area contributed by atoms with Crippen LogP contribution in [-0.4, -0.2) is 19.0 Å². The number of anilines is 1. The van der Waals surface area contributed by atoms with Crippen molar-refractivity contribution in [2.45, 2.75) is 26.7 Å². The number of aryl methyl sites for hydroxylation is 3. The van der Waals surface area contributed by atoms with Crippen LogP contribution in [0.2, 0.25) is 0 Å². The van der Waals surface area contributed by atoms with Crippen LogP contribution in [0.1, 0.15) is 33.5 Å². The zero-order chi connectivity index (χ0) is 16.8. The maximum absolute atomic E-state index is 12.1. The van der Waals surface area contributed by atoms with Crippen LogP contribution in [0.25, 0.3) is 0 Å². The van der Waals surface area contributed by atoms with E-state index in [9.17, 15) is 9.59 Å². The summed E-state index contributed by atoms with van der Waals surface area (Å²) in [7, 11) is 1.34. The zero-order valence-electron chi connectivity index (χ0n) is 13.7. The van der Waals surface area contributed by atoms with Crippen molar-refractivity contribution in [3.63, 3.8) is 0 Å². The molecule has 0 aliphatic carbocycles. The van der Waals surface area contributed by atoms with Gasteiger partial charge in [0, 0.05) is 12.1 Å². The molecule has 0 aliphatic rings. The van der Waals surface area contributed by atoms with E-state index in [1.54, 1.807) is 18.2 Å². The van der Waals surface area contributed by atoms with Crippen molar-refractivity contribution in [3.05, 3.63) is 64.7 Å². The molecule has 0 spiro atoms. The molecular formula is C19H21NO3. The van der Waals surface area contributed by atoms with Crippen molar-refractivity contribution < 1.29 is 14.3 Å². The number of carbonyl (C=O) groups is 2. The van der Waals surface area contributed by atoms with E-state index in [1.807, 2.05) is 32.0 Å². The summed E-state index contributed by atoms with van der Waals surface area (Å²) in [5, 5.41) is 2.87. The third kappa shape index (κ3) is 4.68. The Hall–Kier alpha value is -2.62. The Morgan fingerprint density at radius 2 is 1.87 bits per heavy atom. The van der Waals surface area contributed by atoms with Crippen molar-refractivity contribution >= 4 is 17.6 Å². The van der Waals surface area contributed by atoms with Gasteiger partial charge in [-0.15, -0.1) is 0 Å². The van der Waals surface area contributed by atoms with Crippen LogP contribution >= 0.6 is 0 Å². The fourth-order valence-corrected chi connectivity index (χ4v) is 2.34. The molecule has 0 aliphatic heterocycles. The largest absolute Gasteiger partial charge is 0.465 e. The minimum Gasteiger partial charge on any atom is -0.465 e. The second kappa shape index (κ2) is 7.58. The third-order valence-electron chi connectivity index (χ3n) is 3.66. The SMILES string of the molecule is COC(=O)c1ccc(C)c(NC(=O)CCc2cccc(C)c2)c1. The Morgan fingerprint density at radius 3 is 2.57 bits per heavy atom. The average Bonchev–Trinajstić information content (AvgIpc) is 2.54. The summed E-state index contributed by atoms with van der Waals surface area (Å²) >= 11 is 0.